The van der Waals surface area contributed by atoms with E-state index >= 15 is 0 Å². The molecule has 3 nitrogen and oxygen atoms in total. The Balaban J connectivity index is 1.64. The SMILES string of the molecule is Fc1cc(OC(F)(F)C2CCC(C3OCCCO3)CC2)cc(F)c1C(F)(F)F. The van der Waals surface area contributed by atoms with Crippen LogP contribution in [0.4, 0.5) is 30.7 Å². The monoisotopic (exact) mass is 416 g/mol. The highest BCUT2D eigenvalue weighted by molar-refractivity contribution is 5.32. The Hall–Kier alpha value is -1.55. The van der Waals surface area contributed by atoms with Crippen LogP contribution in [-0.2, 0) is 15.7 Å². The maximum Gasteiger partial charge on any atom is 0.422 e. The van der Waals surface area contributed by atoms with Gasteiger partial charge in [-0.25, -0.2) is 8.78 Å². The summed E-state index contributed by atoms with van der Waals surface area (Å²) in [5.74, 6) is -6.27. The van der Waals surface area contributed by atoms with Crippen LogP contribution in [0.5, 0.6) is 5.75 Å². The second kappa shape index (κ2) is 8.06. The third-order valence-electron chi connectivity index (χ3n) is 5.04. The van der Waals surface area contributed by atoms with Gasteiger partial charge in [0.1, 0.15) is 22.9 Å². The summed E-state index contributed by atoms with van der Waals surface area (Å²) < 4.78 is 109. The number of rotatable bonds is 4. The first-order chi connectivity index (χ1) is 13.1. The van der Waals surface area contributed by atoms with E-state index in [2.05, 4.69) is 4.74 Å². The first-order valence-electron chi connectivity index (χ1n) is 8.94. The molecule has 0 atom stereocenters. The minimum atomic E-state index is -5.28. The molecule has 0 spiro atoms. The highest BCUT2D eigenvalue weighted by Crippen LogP contribution is 2.43. The van der Waals surface area contributed by atoms with Crippen LogP contribution in [0.15, 0.2) is 12.1 Å². The van der Waals surface area contributed by atoms with Gasteiger partial charge in [-0.2, -0.15) is 22.0 Å². The van der Waals surface area contributed by atoms with Crippen LogP contribution in [-0.4, -0.2) is 25.6 Å². The van der Waals surface area contributed by atoms with E-state index in [1.807, 2.05) is 0 Å². The van der Waals surface area contributed by atoms with Crippen molar-refractivity contribution >= 4 is 0 Å². The number of hydrogen-bond acceptors (Lipinski definition) is 3. The summed E-state index contributed by atoms with van der Waals surface area (Å²) in [7, 11) is 0. The molecular formula is C18H19F7O3. The van der Waals surface area contributed by atoms with E-state index in [4.69, 9.17) is 9.47 Å². The Labute approximate surface area is 156 Å². The average molecular weight is 416 g/mol. The number of alkyl halides is 5. The number of benzene rings is 1. The second-order valence-electron chi connectivity index (χ2n) is 7.00. The topological polar surface area (TPSA) is 27.7 Å². The predicted octanol–water partition coefficient (Wildman–Crippen LogP) is 5.52. The molecular weight excluding hydrogens is 397 g/mol. The highest BCUT2D eigenvalue weighted by atomic mass is 19.4. The van der Waals surface area contributed by atoms with Crippen LogP contribution in [0.3, 0.4) is 0 Å². The molecule has 1 saturated carbocycles. The predicted molar refractivity (Wildman–Crippen MR) is 82.7 cm³/mol. The highest BCUT2D eigenvalue weighted by Gasteiger charge is 2.46. The van der Waals surface area contributed by atoms with Gasteiger partial charge in [0.25, 0.3) is 0 Å². The van der Waals surface area contributed by atoms with Crippen molar-refractivity contribution in [3.05, 3.63) is 29.3 Å². The molecule has 158 valence electrons. The number of ether oxygens (including phenoxy) is 3. The first-order valence-corrected chi connectivity index (χ1v) is 8.94. The quantitative estimate of drug-likeness (QED) is 0.605. The van der Waals surface area contributed by atoms with Gasteiger partial charge < -0.3 is 14.2 Å². The van der Waals surface area contributed by atoms with Crippen LogP contribution in [0.2, 0.25) is 0 Å². The summed E-state index contributed by atoms with van der Waals surface area (Å²) in [6.45, 7) is 1.10. The average Bonchev–Trinajstić information content (AvgIpc) is 2.60. The van der Waals surface area contributed by atoms with Crippen molar-refractivity contribution in [2.75, 3.05) is 13.2 Å². The normalized spacial score (nSPS) is 25.0. The third-order valence-corrected chi connectivity index (χ3v) is 5.04. The van der Waals surface area contributed by atoms with Crippen molar-refractivity contribution in [2.24, 2.45) is 11.8 Å². The van der Waals surface area contributed by atoms with Gasteiger partial charge in [0.05, 0.1) is 19.1 Å². The molecule has 28 heavy (non-hydrogen) atoms. The van der Waals surface area contributed by atoms with E-state index < -0.39 is 47.4 Å². The number of halogens is 7. The van der Waals surface area contributed by atoms with Crippen LogP contribution in [0.1, 0.15) is 37.7 Å². The van der Waals surface area contributed by atoms with Crippen molar-refractivity contribution in [1.29, 1.82) is 0 Å². The molecule has 1 aliphatic heterocycles. The zero-order valence-electron chi connectivity index (χ0n) is 14.7. The van der Waals surface area contributed by atoms with Crippen molar-refractivity contribution < 1.29 is 44.9 Å². The second-order valence-corrected chi connectivity index (χ2v) is 7.00. The summed E-state index contributed by atoms with van der Waals surface area (Å²) in [6.07, 6.45) is -7.80. The van der Waals surface area contributed by atoms with Gasteiger partial charge in [0, 0.05) is 18.1 Å². The molecule has 3 rings (SSSR count). The van der Waals surface area contributed by atoms with Crippen molar-refractivity contribution in [3.8, 4) is 5.75 Å². The Morgan fingerprint density at radius 3 is 1.89 bits per heavy atom. The molecule has 1 heterocycles. The van der Waals surface area contributed by atoms with Gasteiger partial charge in [0.2, 0.25) is 0 Å². The zero-order valence-corrected chi connectivity index (χ0v) is 14.7. The largest absolute Gasteiger partial charge is 0.432 e. The minimum Gasteiger partial charge on any atom is -0.432 e. The lowest BCUT2D eigenvalue weighted by Crippen LogP contribution is -2.40. The number of hydrogen-bond donors (Lipinski definition) is 0. The molecule has 1 aromatic rings. The maximum atomic E-state index is 14.4. The molecule has 0 amide bonds. The molecule has 1 aliphatic carbocycles. The van der Waals surface area contributed by atoms with Gasteiger partial charge in [0.15, 0.2) is 6.29 Å². The van der Waals surface area contributed by atoms with Gasteiger partial charge >= 0.3 is 12.3 Å². The Kier molecular flexibility index (Phi) is 6.09. The minimum absolute atomic E-state index is 0.0340. The summed E-state index contributed by atoms with van der Waals surface area (Å²) in [6, 6.07) is 0.240. The molecule has 2 fully saturated rings. The lowest BCUT2D eigenvalue weighted by molar-refractivity contribution is -0.239. The maximum absolute atomic E-state index is 14.4. The van der Waals surface area contributed by atoms with Crippen molar-refractivity contribution in [3.63, 3.8) is 0 Å². The van der Waals surface area contributed by atoms with Gasteiger partial charge in [-0.3, -0.25) is 0 Å². The van der Waals surface area contributed by atoms with Crippen LogP contribution in [0.25, 0.3) is 0 Å². The fourth-order valence-electron chi connectivity index (χ4n) is 3.63. The van der Waals surface area contributed by atoms with Crippen molar-refractivity contribution in [1.82, 2.24) is 0 Å². The molecule has 2 aliphatic rings. The lowest BCUT2D eigenvalue weighted by atomic mass is 9.81. The van der Waals surface area contributed by atoms with E-state index in [-0.39, 0.29) is 30.9 Å². The molecule has 10 heteroatoms. The Bertz CT molecular complexity index is 655. The fourth-order valence-corrected chi connectivity index (χ4v) is 3.63. The van der Waals surface area contributed by atoms with Gasteiger partial charge in [-0.05, 0) is 32.1 Å². The van der Waals surface area contributed by atoms with Crippen LogP contribution >= 0.6 is 0 Å². The summed E-state index contributed by atoms with van der Waals surface area (Å²) >= 11 is 0. The van der Waals surface area contributed by atoms with Crippen molar-refractivity contribution in [2.45, 2.75) is 50.7 Å². The molecule has 0 bridgehead atoms. The molecule has 1 saturated heterocycles. The first kappa shape index (κ1) is 21.2. The molecule has 0 N–H and O–H groups in total. The Morgan fingerprint density at radius 1 is 0.857 bits per heavy atom. The van der Waals surface area contributed by atoms with E-state index in [0.29, 0.717) is 26.1 Å². The van der Waals surface area contributed by atoms with E-state index in [1.165, 1.54) is 0 Å². The van der Waals surface area contributed by atoms with Crippen LogP contribution < -0.4 is 4.74 Å². The summed E-state index contributed by atoms with van der Waals surface area (Å²) in [5.41, 5.74) is -2.14. The van der Waals surface area contributed by atoms with E-state index in [1.54, 1.807) is 0 Å². The van der Waals surface area contributed by atoms with E-state index in [0.717, 1.165) is 6.42 Å². The van der Waals surface area contributed by atoms with E-state index in [9.17, 15) is 30.7 Å². The summed E-state index contributed by atoms with van der Waals surface area (Å²) in [5, 5.41) is 0. The fraction of sp³-hybridized carbons (Fsp3) is 0.667. The molecule has 1 aromatic carbocycles. The Morgan fingerprint density at radius 2 is 1.39 bits per heavy atom. The van der Waals surface area contributed by atoms with Crippen LogP contribution in [0, 0.1) is 23.5 Å². The zero-order chi connectivity index (χ0) is 20.5. The molecule has 0 aromatic heterocycles. The third kappa shape index (κ3) is 4.71. The molecule has 0 radical (unpaired) electrons. The standard InChI is InChI=1S/C18H19F7O3/c19-13-8-12(9-14(20)15(13)17(21,22)23)28-18(24,25)11-4-2-10(3-5-11)16-26-6-1-7-27-16/h8-11,16H,1-7H2. The smallest absolute Gasteiger partial charge is 0.422 e. The van der Waals surface area contributed by atoms with Gasteiger partial charge in [-0.1, -0.05) is 0 Å². The van der Waals surface area contributed by atoms with Gasteiger partial charge in [-0.15, -0.1) is 0 Å². The summed E-state index contributed by atoms with van der Waals surface area (Å²) in [4.78, 5) is 0. The lowest BCUT2D eigenvalue weighted by Gasteiger charge is -2.37. The molecule has 0 unspecified atom stereocenters.